The first-order valence-electron chi connectivity index (χ1n) is 8.36. The molecule has 0 unspecified atom stereocenters. The molecule has 0 bridgehead atoms. The topological polar surface area (TPSA) is 101 Å². The Morgan fingerprint density at radius 1 is 1.15 bits per heavy atom. The van der Waals surface area contributed by atoms with Crippen LogP contribution in [-0.2, 0) is 16.1 Å². The van der Waals surface area contributed by atoms with E-state index in [1.807, 2.05) is 44.2 Å². The van der Waals surface area contributed by atoms with Crippen LogP contribution in [-0.4, -0.2) is 33.3 Å². The molecule has 7 nitrogen and oxygen atoms in total. The van der Waals surface area contributed by atoms with Gasteiger partial charge in [-0.1, -0.05) is 44.2 Å². The van der Waals surface area contributed by atoms with Gasteiger partial charge in [-0.15, -0.1) is 0 Å². The monoisotopic (exact) mass is 443 g/mol. The largest absolute Gasteiger partial charge is 0.483 e. The lowest BCUT2D eigenvalue weighted by atomic mass is 10.2. The third-order valence-electron chi connectivity index (χ3n) is 2.83. The van der Waals surface area contributed by atoms with Crippen LogP contribution in [0.3, 0.4) is 0 Å². The van der Waals surface area contributed by atoms with E-state index >= 15 is 0 Å². The van der Waals surface area contributed by atoms with Crippen molar-refractivity contribution in [2.24, 2.45) is 5.73 Å². The van der Waals surface area contributed by atoms with E-state index < -0.39 is 11.6 Å². The molecule has 0 fully saturated rings. The van der Waals surface area contributed by atoms with Gasteiger partial charge in [0.1, 0.15) is 6.61 Å². The summed E-state index contributed by atoms with van der Waals surface area (Å²) in [6.45, 7) is 4.94. The molecule has 8 heteroatoms. The van der Waals surface area contributed by atoms with Crippen LogP contribution >= 0.6 is 15.9 Å². The molecule has 27 heavy (non-hydrogen) atoms. The molecule has 0 aliphatic carbocycles. The number of hydrogen-bond acceptors (Lipinski definition) is 7. The summed E-state index contributed by atoms with van der Waals surface area (Å²) in [7, 11) is 2.70. The Morgan fingerprint density at radius 3 is 2.33 bits per heavy atom. The van der Waals surface area contributed by atoms with Crippen molar-refractivity contribution < 1.29 is 23.4 Å². The Morgan fingerprint density at radius 2 is 1.78 bits per heavy atom. The van der Waals surface area contributed by atoms with Crippen molar-refractivity contribution in [2.45, 2.75) is 20.5 Å². The second-order valence-corrected chi connectivity index (χ2v) is 5.31. The van der Waals surface area contributed by atoms with Gasteiger partial charge in [0.05, 0.1) is 24.8 Å². The van der Waals surface area contributed by atoms with Gasteiger partial charge in [0.25, 0.3) is 0 Å². The van der Waals surface area contributed by atoms with Crippen molar-refractivity contribution in [1.82, 2.24) is 0 Å². The predicted octanol–water partition coefficient (Wildman–Crippen LogP) is 3.39. The first-order chi connectivity index (χ1) is 13.1. The second-order valence-electron chi connectivity index (χ2n) is 4.45. The average molecular weight is 444 g/mol. The van der Waals surface area contributed by atoms with E-state index in [1.165, 1.54) is 20.2 Å². The quantitative estimate of drug-likeness (QED) is 0.516. The molecule has 0 aliphatic rings. The van der Waals surface area contributed by atoms with Crippen molar-refractivity contribution >= 4 is 21.9 Å². The predicted molar refractivity (Wildman–Crippen MR) is 107 cm³/mol. The number of ether oxygens (including phenoxy) is 3. The van der Waals surface area contributed by atoms with E-state index in [0.717, 1.165) is 5.56 Å². The van der Waals surface area contributed by atoms with Crippen LogP contribution in [0.2, 0.25) is 0 Å². The molecule has 0 amide bonds. The Hall–Kier alpha value is -2.16. The van der Waals surface area contributed by atoms with Crippen LogP contribution in [0.4, 0.5) is 0 Å². The first kappa shape index (κ1) is 24.8. The average Bonchev–Trinajstić information content (AvgIpc) is 2.72. The standard InChI is InChI=1S/C16H15BrO6.C2H6.CH5N/c1-20-15(18)13-9-12(17)14(16(19)23-13)22-8-7-21-10-11-5-3-2-4-6-11;2*1-2/h2-6,9H,7-8,10H2,1H3;1-2H3;2H2,1H3. The van der Waals surface area contributed by atoms with E-state index in [9.17, 15) is 9.59 Å². The zero-order valence-electron chi connectivity index (χ0n) is 16.0. The molecule has 0 saturated carbocycles. The highest BCUT2D eigenvalue weighted by molar-refractivity contribution is 9.10. The van der Waals surface area contributed by atoms with E-state index in [4.69, 9.17) is 13.9 Å². The van der Waals surface area contributed by atoms with Crippen LogP contribution < -0.4 is 16.1 Å². The molecule has 2 N–H and O–H groups in total. The number of rotatable bonds is 7. The third-order valence-corrected chi connectivity index (χ3v) is 3.42. The Labute approximate surface area is 167 Å². The van der Waals surface area contributed by atoms with E-state index in [0.29, 0.717) is 17.7 Å². The molecule has 150 valence electrons. The summed E-state index contributed by atoms with van der Waals surface area (Å²) >= 11 is 3.17. The molecule has 2 aromatic rings. The first-order valence-corrected chi connectivity index (χ1v) is 9.15. The van der Waals surface area contributed by atoms with Gasteiger partial charge in [0.2, 0.25) is 11.5 Å². The smallest absolute Gasteiger partial charge is 0.380 e. The number of hydrogen-bond donors (Lipinski definition) is 1. The molecule has 0 spiro atoms. The van der Waals surface area contributed by atoms with Crippen molar-refractivity contribution in [3.05, 3.63) is 62.6 Å². The minimum atomic E-state index is -0.761. The van der Waals surface area contributed by atoms with Crippen LogP contribution in [0.25, 0.3) is 0 Å². The van der Waals surface area contributed by atoms with Gasteiger partial charge in [0.15, 0.2) is 0 Å². The van der Waals surface area contributed by atoms with Gasteiger partial charge >= 0.3 is 11.6 Å². The summed E-state index contributed by atoms with van der Waals surface area (Å²) in [6, 6.07) is 11.0. The minimum Gasteiger partial charge on any atom is -0.483 e. The summed E-state index contributed by atoms with van der Waals surface area (Å²) in [5.41, 5.74) is 4.79. The molecule has 0 atom stereocenters. The fraction of sp³-hybridized carbons (Fsp3) is 0.368. The number of carbonyl (C=O) groups is 1. The van der Waals surface area contributed by atoms with Gasteiger partial charge in [-0.2, -0.15) is 0 Å². The molecule has 0 radical (unpaired) electrons. The summed E-state index contributed by atoms with van der Waals surface area (Å²) < 4.78 is 20.4. The third kappa shape index (κ3) is 8.85. The van der Waals surface area contributed by atoms with Crippen molar-refractivity contribution in [3.8, 4) is 5.75 Å². The molecule has 1 aromatic carbocycles. The van der Waals surface area contributed by atoms with Gasteiger partial charge in [-0.3, -0.25) is 0 Å². The number of carbonyl (C=O) groups excluding carboxylic acids is 1. The normalized spacial score (nSPS) is 9.26. The van der Waals surface area contributed by atoms with Crippen molar-refractivity contribution in [3.63, 3.8) is 0 Å². The van der Waals surface area contributed by atoms with Gasteiger partial charge < -0.3 is 24.4 Å². The summed E-state index contributed by atoms with van der Waals surface area (Å²) in [5, 5.41) is 0. The van der Waals surface area contributed by atoms with Crippen LogP contribution in [0.15, 0.2) is 50.1 Å². The van der Waals surface area contributed by atoms with Gasteiger partial charge in [-0.05, 0) is 28.5 Å². The lowest BCUT2D eigenvalue weighted by molar-refractivity contribution is 0.0556. The maximum atomic E-state index is 11.8. The van der Waals surface area contributed by atoms with Crippen molar-refractivity contribution in [1.29, 1.82) is 0 Å². The molecule has 0 aliphatic heterocycles. The highest BCUT2D eigenvalue weighted by Crippen LogP contribution is 2.22. The minimum absolute atomic E-state index is 0.0130. The molecule has 1 heterocycles. The fourth-order valence-electron chi connectivity index (χ4n) is 1.75. The highest BCUT2D eigenvalue weighted by atomic mass is 79.9. The maximum absolute atomic E-state index is 11.8. The molecule has 1 aromatic heterocycles. The van der Waals surface area contributed by atoms with Crippen LogP contribution in [0.5, 0.6) is 5.75 Å². The molecule has 2 rings (SSSR count). The number of methoxy groups -OCH3 is 1. The lowest BCUT2D eigenvalue weighted by Gasteiger charge is -2.08. The second kappa shape index (κ2) is 15.0. The summed E-state index contributed by atoms with van der Waals surface area (Å²) in [4.78, 5) is 23.1. The summed E-state index contributed by atoms with van der Waals surface area (Å²) in [5.74, 6) is -0.946. The molecular weight excluding hydrogens is 418 g/mol. The van der Waals surface area contributed by atoms with Gasteiger partial charge in [-0.25, -0.2) is 9.59 Å². The fourth-order valence-corrected chi connectivity index (χ4v) is 2.23. The van der Waals surface area contributed by atoms with Crippen LogP contribution in [0.1, 0.15) is 30.0 Å². The SMILES string of the molecule is CC.CN.COC(=O)c1cc(Br)c(OCCOCc2ccccc2)c(=O)o1. The summed E-state index contributed by atoms with van der Waals surface area (Å²) in [6.07, 6.45) is 0. The van der Waals surface area contributed by atoms with Crippen LogP contribution in [0, 0.1) is 0 Å². The number of benzene rings is 1. The highest BCUT2D eigenvalue weighted by Gasteiger charge is 2.16. The number of esters is 1. The number of halogens is 1. The Kier molecular flexibility index (Phi) is 13.8. The van der Waals surface area contributed by atoms with E-state index in [1.54, 1.807) is 0 Å². The Bertz CT molecular complexity index is 718. The molecular formula is C19H26BrNO6. The zero-order valence-corrected chi connectivity index (χ0v) is 17.6. The van der Waals surface area contributed by atoms with E-state index in [2.05, 4.69) is 26.4 Å². The van der Waals surface area contributed by atoms with Gasteiger partial charge in [0, 0.05) is 6.07 Å². The number of nitrogens with two attached hydrogens (primary N) is 1. The lowest BCUT2D eigenvalue weighted by Crippen LogP contribution is -2.15. The molecule has 0 saturated heterocycles. The van der Waals surface area contributed by atoms with E-state index in [-0.39, 0.29) is 18.1 Å². The van der Waals surface area contributed by atoms with Crippen molar-refractivity contribution in [2.75, 3.05) is 27.4 Å². The zero-order chi connectivity index (χ0) is 20.7. The maximum Gasteiger partial charge on any atom is 0.380 e. The Balaban J connectivity index is 0.00000158.